The van der Waals surface area contributed by atoms with E-state index in [1.807, 2.05) is 30.3 Å². The Morgan fingerprint density at radius 1 is 0.935 bits per heavy atom. The molecule has 0 saturated carbocycles. The predicted octanol–water partition coefficient (Wildman–Crippen LogP) is -2.81. The molecule has 195 valence electrons. The molecular formula is C14H37CoN3O13. The first kappa shape index (κ1) is 56.8. The van der Waals surface area contributed by atoms with Gasteiger partial charge in [0.2, 0.25) is 0 Å². The average molecular weight is 514 g/mol. The zero-order valence-electron chi connectivity index (χ0n) is 17.3. The maximum absolute atomic E-state index is 10.2. The first-order valence-electron chi connectivity index (χ1n) is 7.23. The maximum Gasteiger partial charge on any atom is 0.291 e. The van der Waals surface area contributed by atoms with Gasteiger partial charge in [-0.1, -0.05) is 43.7 Å². The molecule has 2 atom stereocenters. The fraction of sp³-hybridized carbons (Fsp3) is 0.571. The summed E-state index contributed by atoms with van der Waals surface area (Å²) >= 11 is 0. The van der Waals surface area contributed by atoms with Gasteiger partial charge in [-0.15, -0.1) is 20.2 Å². The SMILES string of the molecule is CCCCN(C)C(C)C(O)c1ccccc1.O.O.O.O.O.O.O=[N+]([O-])O.O=[N+]([O-])O.[Co]. The number of aliphatic hydroxyl groups is 1. The molecular weight excluding hydrogens is 477 g/mol. The maximum atomic E-state index is 10.2. The van der Waals surface area contributed by atoms with Crippen molar-refractivity contribution in [1.29, 1.82) is 0 Å². The van der Waals surface area contributed by atoms with E-state index in [9.17, 15) is 5.11 Å². The molecule has 0 aromatic heterocycles. The van der Waals surface area contributed by atoms with Gasteiger partial charge in [0.15, 0.2) is 0 Å². The Balaban J connectivity index is -0.0000000405. The molecule has 16 nitrogen and oxygen atoms in total. The van der Waals surface area contributed by atoms with E-state index < -0.39 is 16.3 Å². The topological polar surface area (TPSA) is 339 Å². The van der Waals surface area contributed by atoms with Gasteiger partial charge in [-0.25, -0.2) is 0 Å². The molecule has 0 bridgehead atoms. The molecule has 0 heterocycles. The third kappa shape index (κ3) is 38.9. The standard InChI is InChI=1S/C14H23NO.Co.2HNO3.6H2O/c1-4-5-11-15(3)12(2)14(16)13-9-7-6-8-10-13;;2*2-1(3)4;;;;;;/h6-10,12,14,16H,4-5,11H2,1-3H3;;2*(H,2,3,4);6*1H2. The van der Waals surface area contributed by atoms with Crippen molar-refractivity contribution in [1.82, 2.24) is 4.90 Å². The Kier molecular flexibility index (Phi) is 64.6. The predicted molar refractivity (Wildman–Crippen MR) is 108 cm³/mol. The summed E-state index contributed by atoms with van der Waals surface area (Å²) < 4.78 is 0. The number of hydrogen-bond donors (Lipinski definition) is 3. The quantitative estimate of drug-likeness (QED) is 0.262. The van der Waals surface area contributed by atoms with Gasteiger partial charge in [0.25, 0.3) is 10.2 Å². The summed E-state index contributed by atoms with van der Waals surface area (Å²) in [6, 6.07) is 10.0. The van der Waals surface area contributed by atoms with Crippen LogP contribution >= 0.6 is 0 Å². The van der Waals surface area contributed by atoms with Crippen LogP contribution in [0.15, 0.2) is 30.3 Å². The summed E-state index contributed by atoms with van der Waals surface area (Å²) in [6.45, 7) is 5.31. The van der Waals surface area contributed by atoms with E-state index in [2.05, 4.69) is 25.8 Å². The van der Waals surface area contributed by atoms with Crippen molar-refractivity contribution in [2.45, 2.75) is 38.8 Å². The van der Waals surface area contributed by atoms with Gasteiger partial charge < -0.3 is 53.3 Å². The number of hydrogen-bond acceptors (Lipinski definition) is 6. The molecule has 17 heteroatoms. The van der Waals surface area contributed by atoms with Crippen LogP contribution in [0.4, 0.5) is 0 Å². The Hall–Kier alpha value is -2.19. The molecule has 2 unspecified atom stereocenters. The number of unbranched alkanes of at least 4 members (excludes halogenated alkanes) is 1. The van der Waals surface area contributed by atoms with Crippen LogP contribution in [0.5, 0.6) is 0 Å². The second kappa shape index (κ2) is 35.3. The average Bonchev–Trinajstić information content (AvgIpc) is 2.51. The van der Waals surface area contributed by atoms with Crippen LogP contribution in [0.1, 0.15) is 38.4 Å². The van der Waals surface area contributed by atoms with E-state index in [0.717, 1.165) is 12.1 Å². The summed E-state index contributed by atoms with van der Waals surface area (Å²) in [5, 5.41) is 37.5. The Morgan fingerprint density at radius 2 is 1.26 bits per heavy atom. The van der Waals surface area contributed by atoms with Gasteiger partial charge in [-0.3, -0.25) is 0 Å². The Labute approximate surface area is 189 Å². The summed E-state index contributed by atoms with van der Waals surface area (Å²) in [5.74, 6) is 0. The normalized spacial score (nSPS) is 9.32. The van der Waals surface area contributed by atoms with E-state index in [0.29, 0.717) is 0 Å². The second-order valence-corrected chi connectivity index (χ2v) is 4.91. The number of likely N-dealkylation sites (N-methyl/N-ethyl adjacent to an activating group) is 1. The summed E-state index contributed by atoms with van der Waals surface area (Å²) in [6.07, 6.45) is 1.98. The fourth-order valence-electron chi connectivity index (χ4n) is 1.78. The van der Waals surface area contributed by atoms with E-state index in [1.54, 1.807) is 0 Å². The zero-order valence-corrected chi connectivity index (χ0v) is 18.4. The van der Waals surface area contributed by atoms with Gasteiger partial charge in [0.05, 0.1) is 6.10 Å². The van der Waals surface area contributed by atoms with Crippen LogP contribution in [-0.4, -0.2) is 83.1 Å². The van der Waals surface area contributed by atoms with E-state index >= 15 is 0 Å². The fourth-order valence-corrected chi connectivity index (χ4v) is 1.78. The van der Waals surface area contributed by atoms with Crippen molar-refractivity contribution >= 4 is 0 Å². The third-order valence-electron chi connectivity index (χ3n) is 3.16. The molecule has 0 fully saturated rings. The van der Waals surface area contributed by atoms with Crippen molar-refractivity contribution in [3.8, 4) is 0 Å². The smallest absolute Gasteiger partial charge is 0.291 e. The summed E-state index contributed by atoms with van der Waals surface area (Å²) in [5.41, 5.74) is 0.998. The van der Waals surface area contributed by atoms with Gasteiger partial charge in [0.1, 0.15) is 0 Å². The minimum absolute atomic E-state index is 0. The zero-order chi connectivity index (χ0) is 19.1. The van der Waals surface area contributed by atoms with Crippen LogP contribution < -0.4 is 0 Å². The van der Waals surface area contributed by atoms with Crippen molar-refractivity contribution in [2.75, 3.05) is 13.6 Å². The van der Waals surface area contributed by atoms with Gasteiger partial charge in [-0.05, 0) is 32.5 Å². The minimum Gasteiger partial charge on any atom is -0.412 e. The molecule has 0 saturated heterocycles. The van der Waals surface area contributed by atoms with Crippen LogP contribution in [0.2, 0.25) is 0 Å². The summed E-state index contributed by atoms with van der Waals surface area (Å²) in [7, 11) is 2.08. The number of nitrogens with zero attached hydrogens (tertiary/aromatic N) is 3. The first-order valence-corrected chi connectivity index (χ1v) is 7.23. The monoisotopic (exact) mass is 514 g/mol. The molecule has 1 radical (unpaired) electrons. The van der Waals surface area contributed by atoms with E-state index in [1.165, 1.54) is 12.8 Å². The van der Waals surface area contributed by atoms with Crippen LogP contribution in [0.3, 0.4) is 0 Å². The number of benzene rings is 1. The molecule has 1 rings (SSSR count). The van der Waals surface area contributed by atoms with Gasteiger partial charge in [-0.2, -0.15) is 0 Å². The molecule has 15 N–H and O–H groups in total. The molecule has 1 aromatic rings. The third-order valence-corrected chi connectivity index (χ3v) is 3.16. The van der Waals surface area contributed by atoms with Crippen LogP contribution in [0, 0.1) is 20.2 Å². The molecule has 0 aliphatic heterocycles. The van der Waals surface area contributed by atoms with Crippen molar-refractivity contribution in [3.05, 3.63) is 56.1 Å². The Bertz CT molecular complexity index is 454. The minimum atomic E-state index is -1.50. The molecule has 1 aromatic carbocycles. The number of aliphatic hydroxyl groups excluding tert-OH is 1. The molecule has 0 aliphatic rings. The summed E-state index contributed by atoms with van der Waals surface area (Å²) in [4.78, 5) is 18.9. The van der Waals surface area contributed by atoms with Crippen LogP contribution in [0.25, 0.3) is 0 Å². The molecule has 0 aliphatic carbocycles. The van der Waals surface area contributed by atoms with E-state index in [-0.39, 0.29) is 55.7 Å². The van der Waals surface area contributed by atoms with Gasteiger partial charge >= 0.3 is 0 Å². The largest absolute Gasteiger partial charge is 0.412 e. The Morgan fingerprint density at radius 3 is 1.55 bits per heavy atom. The molecule has 0 amide bonds. The van der Waals surface area contributed by atoms with Crippen molar-refractivity contribution in [2.24, 2.45) is 0 Å². The first-order chi connectivity index (χ1) is 11.1. The van der Waals surface area contributed by atoms with Gasteiger partial charge in [0, 0.05) is 22.8 Å². The van der Waals surface area contributed by atoms with Crippen molar-refractivity contribution in [3.63, 3.8) is 0 Å². The van der Waals surface area contributed by atoms with Crippen LogP contribution in [-0.2, 0) is 16.8 Å². The number of rotatable bonds is 6. The second-order valence-electron chi connectivity index (χ2n) is 4.91. The molecule has 0 spiro atoms. The van der Waals surface area contributed by atoms with Crippen molar-refractivity contribution < 1.29 is 75.3 Å². The van der Waals surface area contributed by atoms with E-state index in [4.69, 9.17) is 30.6 Å². The molecule has 31 heavy (non-hydrogen) atoms.